The van der Waals surface area contributed by atoms with E-state index in [2.05, 4.69) is 18.2 Å². The Morgan fingerprint density at radius 2 is 1.69 bits per heavy atom. The molecule has 0 spiro atoms. The van der Waals surface area contributed by atoms with Gasteiger partial charge in [-0.15, -0.1) is 0 Å². The van der Waals surface area contributed by atoms with Gasteiger partial charge in [0.2, 0.25) is 0 Å². The summed E-state index contributed by atoms with van der Waals surface area (Å²) in [6.45, 7) is 0.869. The number of halogens is 2. The highest BCUT2D eigenvalue weighted by atomic mass is 35.5. The lowest BCUT2D eigenvalue weighted by Gasteiger charge is -2.28. The average molecular weight is 411 g/mol. The molecule has 1 aliphatic rings. The Bertz CT molecular complexity index is 958. The van der Waals surface area contributed by atoms with Crippen molar-refractivity contribution < 1.29 is 9.13 Å². The van der Waals surface area contributed by atoms with Crippen LogP contribution in [0.3, 0.4) is 0 Å². The Balaban J connectivity index is 1.47. The lowest BCUT2D eigenvalue weighted by Crippen LogP contribution is -2.17. The second-order valence-corrected chi connectivity index (χ2v) is 8.76. The first kappa shape index (κ1) is 20.4. The fourth-order valence-electron chi connectivity index (χ4n) is 4.63. The van der Waals surface area contributed by atoms with E-state index < -0.39 is 0 Å². The van der Waals surface area contributed by atoms with Gasteiger partial charge >= 0.3 is 0 Å². The van der Waals surface area contributed by atoms with Crippen molar-refractivity contribution in [2.75, 3.05) is 13.7 Å². The predicted molar refractivity (Wildman–Crippen MR) is 119 cm³/mol. The Morgan fingerprint density at radius 3 is 2.41 bits per heavy atom. The van der Waals surface area contributed by atoms with E-state index in [-0.39, 0.29) is 5.82 Å². The summed E-state index contributed by atoms with van der Waals surface area (Å²) in [5, 5.41) is 2.47. The molecule has 0 atom stereocenters. The SMILES string of the molecule is COCC1CCC(c2ccc3c(F)c(CCc4ccc(Cl)cc4)ccc3c2)CC1. The van der Waals surface area contributed by atoms with Crippen molar-refractivity contribution in [3.63, 3.8) is 0 Å². The van der Waals surface area contributed by atoms with Gasteiger partial charge in [-0.1, -0.05) is 54.1 Å². The van der Waals surface area contributed by atoms with Gasteiger partial charge in [0.05, 0.1) is 0 Å². The molecular weight excluding hydrogens is 383 g/mol. The van der Waals surface area contributed by atoms with E-state index in [1.165, 1.54) is 36.8 Å². The Morgan fingerprint density at radius 1 is 0.931 bits per heavy atom. The van der Waals surface area contributed by atoms with E-state index in [0.29, 0.717) is 18.3 Å². The molecule has 1 saturated carbocycles. The second kappa shape index (κ2) is 9.28. The van der Waals surface area contributed by atoms with Crippen LogP contribution in [-0.2, 0) is 17.6 Å². The fraction of sp³-hybridized carbons (Fsp3) is 0.385. The van der Waals surface area contributed by atoms with Crippen LogP contribution in [-0.4, -0.2) is 13.7 Å². The maximum absolute atomic E-state index is 15.1. The van der Waals surface area contributed by atoms with Crippen LogP contribution in [0.15, 0.2) is 54.6 Å². The summed E-state index contributed by atoms with van der Waals surface area (Å²) in [4.78, 5) is 0. The molecule has 0 heterocycles. The topological polar surface area (TPSA) is 9.23 Å². The smallest absolute Gasteiger partial charge is 0.134 e. The van der Waals surface area contributed by atoms with Gasteiger partial charge in [0.15, 0.2) is 0 Å². The summed E-state index contributed by atoms with van der Waals surface area (Å²) in [6.07, 6.45) is 6.32. The zero-order valence-corrected chi connectivity index (χ0v) is 17.7. The van der Waals surface area contributed by atoms with Crippen molar-refractivity contribution in [2.45, 2.75) is 44.4 Å². The number of hydrogen-bond acceptors (Lipinski definition) is 1. The highest BCUT2D eigenvalue weighted by Crippen LogP contribution is 2.37. The molecular formula is C26H28ClFO. The lowest BCUT2D eigenvalue weighted by molar-refractivity contribution is 0.127. The van der Waals surface area contributed by atoms with Crippen LogP contribution in [0, 0.1) is 11.7 Å². The molecule has 0 saturated heterocycles. The highest BCUT2D eigenvalue weighted by Gasteiger charge is 2.22. The first-order valence-electron chi connectivity index (χ1n) is 10.6. The van der Waals surface area contributed by atoms with Gasteiger partial charge in [0.1, 0.15) is 5.82 Å². The number of hydrogen-bond donors (Lipinski definition) is 0. The first-order valence-corrected chi connectivity index (χ1v) is 11.0. The van der Waals surface area contributed by atoms with Crippen LogP contribution < -0.4 is 0 Å². The molecule has 3 heteroatoms. The third kappa shape index (κ3) is 4.82. The average Bonchev–Trinajstić information content (AvgIpc) is 2.75. The Labute approximate surface area is 177 Å². The maximum Gasteiger partial charge on any atom is 0.134 e. The van der Waals surface area contributed by atoms with Crippen LogP contribution >= 0.6 is 11.6 Å². The fourth-order valence-corrected chi connectivity index (χ4v) is 4.76. The standard InChI is InChI=1S/C26H28ClFO/c1-29-17-19-3-7-20(8-4-19)22-12-15-25-23(16-22)11-10-21(26(25)28)9-2-18-5-13-24(27)14-6-18/h5-6,10-16,19-20H,2-4,7-9,17H2,1H3. The Hall–Kier alpha value is -1.90. The minimum atomic E-state index is -0.0770. The number of methoxy groups -OCH3 is 1. The molecule has 1 fully saturated rings. The molecule has 152 valence electrons. The summed E-state index contributed by atoms with van der Waals surface area (Å²) in [6, 6.07) is 18.1. The number of benzene rings is 3. The molecule has 0 amide bonds. The molecule has 0 bridgehead atoms. The summed E-state index contributed by atoms with van der Waals surface area (Å²) in [5.41, 5.74) is 3.30. The molecule has 3 aromatic rings. The third-order valence-corrected chi connectivity index (χ3v) is 6.63. The van der Waals surface area contributed by atoms with Crippen molar-refractivity contribution in [3.8, 4) is 0 Å². The summed E-state index contributed by atoms with van der Waals surface area (Å²) in [7, 11) is 1.79. The quantitative estimate of drug-likeness (QED) is 0.413. The maximum atomic E-state index is 15.1. The molecule has 1 aliphatic carbocycles. The van der Waals surface area contributed by atoms with Gasteiger partial charge < -0.3 is 4.74 Å². The second-order valence-electron chi connectivity index (χ2n) is 8.32. The minimum Gasteiger partial charge on any atom is -0.384 e. The van der Waals surface area contributed by atoms with Crippen LogP contribution in [0.2, 0.25) is 5.02 Å². The molecule has 0 radical (unpaired) electrons. The van der Waals surface area contributed by atoms with E-state index in [1.807, 2.05) is 36.4 Å². The van der Waals surface area contributed by atoms with Crippen LogP contribution in [0.5, 0.6) is 0 Å². The molecule has 0 unspecified atom stereocenters. The molecule has 4 rings (SSSR count). The monoisotopic (exact) mass is 410 g/mol. The van der Waals surface area contributed by atoms with Gasteiger partial charge in [-0.3, -0.25) is 0 Å². The molecule has 0 aromatic heterocycles. The minimum absolute atomic E-state index is 0.0770. The Kier molecular flexibility index (Phi) is 6.52. The van der Waals surface area contributed by atoms with E-state index >= 15 is 4.39 Å². The van der Waals surface area contributed by atoms with Crippen molar-refractivity contribution in [2.24, 2.45) is 5.92 Å². The first-order chi connectivity index (χ1) is 14.1. The van der Waals surface area contributed by atoms with Gasteiger partial charge in [-0.25, -0.2) is 4.39 Å². The van der Waals surface area contributed by atoms with E-state index in [9.17, 15) is 0 Å². The highest BCUT2D eigenvalue weighted by molar-refractivity contribution is 6.30. The number of rotatable bonds is 6. The molecule has 29 heavy (non-hydrogen) atoms. The molecule has 3 aromatic carbocycles. The van der Waals surface area contributed by atoms with Gasteiger partial charge in [0.25, 0.3) is 0 Å². The van der Waals surface area contributed by atoms with Crippen LogP contribution in [0.4, 0.5) is 4.39 Å². The normalized spacial score (nSPS) is 19.6. The number of fused-ring (bicyclic) bond motifs is 1. The van der Waals surface area contributed by atoms with Crippen LogP contribution in [0.25, 0.3) is 10.8 Å². The van der Waals surface area contributed by atoms with E-state index in [1.54, 1.807) is 7.11 Å². The van der Waals surface area contributed by atoms with E-state index in [0.717, 1.165) is 34.4 Å². The van der Waals surface area contributed by atoms with Gasteiger partial charge in [-0.05, 0) is 84.6 Å². The van der Waals surface area contributed by atoms with Crippen molar-refractivity contribution >= 4 is 22.4 Å². The summed E-state index contributed by atoms with van der Waals surface area (Å²) >= 11 is 5.94. The largest absolute Gasteiger partial charge is 0.384 e. The predicted octanol–water partition coefficient (Wildman–Crippen LogP) is 7.34. The molecule has 1 nitrogen and oxygen atoms in total. The van der Waals surface area contributed by atoms with Crippen molar-refractivity contribution in [1.29, 1.82) is 0 Å². The number of aryl methyl sites for hydroxylation is 2. The molecule has 0 N–H and O–H groups in total. The zero-order chi connectivity index (χ0) is 20.2. The molecule has 0 aliphatic heterocycles. The lowest BCUT2D eigenvalue weighted by atomic mass is 9.78. The van der Waals surface area contributed by atoms with Crippen molar-refractivity contribution in [1.82, 2.24) is 0 Å². The third-order valence-electron chi connectivity index (χ3n) is 6.37. The summed E-state index contributed by atoms with van der Waals surface area (Å²) in [5.74, 6) is 1.20. The van der Waals surface area contributed by atoms with Crippen molar-refractivity contribution in [3.05, 3.63) is 82.1 Å². The zero-order valence-electron chi connectivity index (χ0n) is 17.0. The van der Waals surface area contributed by atoms with Gasteiger partial charge in [0, 0.05) is 24.1 Å². The number of ether oxygens (including phenoxy) is 1. The van der Waals surface area contributed by atoms with E-state index in [4.69, 9.17) is 16.3 Å². The summed E-state index contributed by atoms with van der Waals surface area (Å²) < 4.78 is 20.4. The van der Waals surface area contributed by atoms with Gasteiger partial charge in [-0.2, -0.15) is 0 Å². The van der Waals surface area contributed by atoms with Crippen LogP contribution in [0.1, 0.15) is 48.3 Å².